The molecule has 0 fully saturated rings. The van der Waals surface area contributed by atoms with Crippen molar-refractivity contribution in [2.24, 2.45) is 0 Å². The van der Waals surface area contributed by atoms with Crippen LogP contribution < -0.4 is 0 Å². The fourth-order valence-electron chi connectivity index (χ4n) is 4.44. The highest BCUT2D eigenvalue weighted by Crippen LogP contribution is 2.21. The molecular weight excluding hydrogens is 450 g/mol. The van der Waals surface area contributed by atoms with Crippen molar-refractivity contribution in [3.05, 3.63) is 71.8 Å². The number of hydrogen-bond acceptors (Lipinski definition) is 6. The van der Waals surface area contributed by atoms with Crippen molar-refractivity contribution in [3.63, 3.8) is 0 Å². The maximum absolute atomic E-state index is 5.92. The number of imidazole rings is 2. The third-order valence-electron chi connectivity index (χ3n) is 6.48. The Morgan fingerprint density at radius 3 is 2.06 bits per heavy atom. The summed E-state index contributed by atoms with van der Waals surface area (Å²) in [7, 11) is 2.16. The maximum atomic E-state index is 5.92. The number of aromatic amines is 2. The highest BCUT2D eigenvalue weighted by atomic mass is 16.5. The normalized spacial score (nSPS) is 12.8. The molecule has 1 unspecified atom stereocenters. The molecular formula is C28H45N7O. The first-order valence-corrected chi connectivity index (χ1v) is 13.4. The predicted octanol–water partition coefficient (Wildman–Crippen LogP) is 4.47. The summed E-state index contributed by atoms with van der Waals surface area (Å²) in [6.45, 7) is 15.0. The molecule has 36 heavy (non-hydrogen) atoms. The van der Waals surface area contributed by atoms with E-state index in [0.717, 1.165) is 70.7 Å². The number of nitrogens with zero attached hydrogens (tertiary/aromatic N) is 5. The van der Waals surface area contributed by atoms with Gasteiger partial charge in [-0.2, -0.15) is 0 Å². The zero-order chi connectivity index (χ0) is 25.6. The second-order valence-electron chi connectivity index (χ2n) is 9.60. The van der Waals surface area contributed by atoms with Crippen LogP contribution in [0.1, 0.15) is 62.4 Å². The van der Waals surface area contributed by atoms with Crippen molar-refractivity contribution in [1.82, 2.24) is 34.6 Å². The summed E-state index contributed by atoms with van der Waals surface area (Å²) in [4.78, 5) is 22.6. The Kier molecular flexibility index (Phi) is 12.1. The highest BCUT2D eigenvalue weighted by molar-refractivity contribution is 5.22. The molecule has 2 aromatic heterocycles. The van der Waals surface area contributed by atoms with Crippen LogP contribution in [0, 0.1) is 0 Å². The quantitative estimate of drug-likeness (QED) is 0.254. The van der Waals surface area contributed by atoms with Gasteiger partial charge in [-0.25, -0.2) is 9.97 Å². The molecule has 0 radical (unpaired) electrons. The van der Waals surface area contributed by atoms with Gasteiger partial charge in [0, 0.05) is 51.0 Å². The molecule has 3 rings (SSSR count). The van der Waals surface area contributed by atoms with Gasteiger partial charge in [-0.05, 0) is 51.0 Å². The number of ether oxygens (including phenoxy) is 1. The second-order valence-corrected chi connectivity index (χ2v) is 9.60. The molecule has 8 nitrogen and oxygen atoms in total. The Morgan fingerprint density at radius 2 is 1.44 bits per heavy atom. The van der Waals surface area contributed by atoms with Crippen molar-refractivity contribution in [2.45, 2.75) is 59.3 Å². The first-order chi connectivity index (χ1) is 17.6. The summed E-state index contributed by atoms with van der Waals surface area (Å²) < 4.78 is 5.92. The summed E-state index contributed by atoms with van der Waals surface area (Å²) >= 11 is 0. The van der Waals surface area contributed by atoms with Gasteiger partial charge in [-0.15, -0.1) is 0 Å². The van der Waals surface area contributed by atoms with Gasteiger partial charge in [0.2, 0.25) is 0 Å². The minimum Gasteiger partial charge on any atom is -0.379 e. The predicted molar refractivity (Wildman–Crippen MR) is 145 cm³/mol. The van der Waals surface area contributed by atoms with E-state index in [1.54, 1.807) is 12.4 Å². The smallest absolute Gasteiger partial charge is 0.123 e. The Bertz CT molecular complexity index is 921. The molecule has 0 aliphatic heterocycles. The van der Waals surface area contributed by atoms with Crippen LogP contribution in [-0.2, 0) is 24.4 Å². The van der Waals surface area contributed by atoms with Crippen LogP contribution in [0.25, 0.3) is 0 Å². The fraction of sp³-hybridized carbons (Fsp3) is 0.571. The van der Waals surface area contributed by atoms with Crippen LogP contribution in [0.4, 0.5) is 0 Å². The van der Waals surface area contributed by atoms with Crippen molar-refractivity contribution >= 4 is 0 Å². The van der Waals surface area contributed by atoms with Gasteiger partial charge in [0.1, 0.15) is 11.6 Å². The highest BCUT2D eigenvalue weighted by Gasteiger charge is 2.19. The molecule has 198 valence electrons. The fourth-order valence-corrected chi connectivity index (χ4v) is 4.44. The Hall–Kier alpha value is -2.52. The maximum Gasteiger partial charge on any atom is 0.123 e. The minimum absolute atomic E-state index is 0.145. The molecule has 8 heteroatoms. The number of H-pyrrole nitrogens is 2. The Balaban J connectivity index is 1.44. The molecule has 0 aliphatic rings. The van der Waals surface area contributed by atoms with E-state index < -0.39 is 0 Å². The van der Waals surface area contributed by atoms with Crippen molar-refractivity contribution in [2.75, 3.05) is 46.4 Å². The van der Waals surface area contributed by atoms with Crippen LogP contribution in [-0.4, -0.2) is 81.1 Å². The number of benzene rings is 1. The van der Waals surface area contributed by atoms with E-state index in [9.17, 15) is 0 Å². The van der Waals surface area contributed by atoms with Gasteiger partial charge in [0.15, 0.2) is 0 Å². The number of aromatic nitrogens is 4. The molecule has 2 heterocycles. The SMILES string of the molecule is CCCN(CCC)CCOCCN(C)Cc1ccc(CN(Cc2ncc[nH]2)C(C)c2ncc[nH]2)cc1. The van der Waals surface area contributed by atoms with Gasteiger partial charge in [0.25, 0.3) is 0 Å². The third-order valence-corrected chi connectivity index (χ3v) is 6.48. The van der Waals surface area contributed by atoms with Crippen molar-refractivity contribution < 1.29 is 4.74 Å². The van der Waals surface area contributed by atoms with E-state index in [-0.39, 0.29) is 6.04 Å². The van der Waals surface area contributed by atoms with E-state index in [1.165, 1.54) is 24.0 Å². The molecule has 0 saturated carbocycles. The van der Waals surface area contributed by atoms with Crippen LogP contribution in [0.15, 0.2) is 49.1 Å². The summed E-state index contributed by atoms with van der Waals surface area (Å²) in [5, 5.41) is 0. The molecule has 3 aromatic rings. The molecule has 0 aliphatic carbocycles. The lowest BCUT2D eigenvalue weighted by molar-refractivity contribution is 0.0869. The van der Waals surface area contributed by atoms with Gasteiger partial charge >= 0.3 is 0 Å². The standard InChI is InChI=1S/C28H45N7O/c1-5-15-34(16-6-2)18-20-36-19-17-33(4)21-25-7-9-26(10-8-25)22-35(23-27-29-11-12-30-27)24(3)28-31-13-14-32-28/h7-14,24H,5-6,15-23H2,1-4H3,(H,29,30)(H,31,32). The van der Waals surface area contributed by atoms with Crippen LogP contribution in [0.5, 0.6) is 0 Å². The van der Waals surface area contributed by atoms with E-state index >= 15 is 0 Å². The van der Waals surface area contributed by atoms with E-state index in [1.807, 2.05) is 12.4 Å². The van der Waals surface area contributed by atoms with Gasteiger partial charge in [-0.3, -0.25) is 9.80 Å². The van der Waals surface area contributed by atoms with Crippen LogP contribution >= 0.6 is 0 Å². The lowest BCUT2D eigenvalue weighted by Crippen LogP contribution is -2.30. The molecule has 1 atom stereocenters. The average Bonchev–Trinajstić information content (AvgIpc) is 3.59. The minimum atomic E-state index is 0.145. The average molecular weight is 496 g/mol. The summed E-state index contributed by atoms with van der Waals surface area (Å²) in [5.41, 5.74) is 2.59. The topological polar surface area (TPSA) is 76.3 Å². The molecule has 0 saturated heterocycles. The number of hydrogen-bond donors (Lipinski definition) is 2. The van der Waals surface area contributed by atoms with Crippen molar-refractivity contribution in [3.8, 4) is 0 Å². The molecule has 2 N–H and O–H groups in total. The monoisotopic (exact) mass is 495 g/mol. The van der Waals surface area contributed by atoms with Crippen LogP contribution in [0.2, 0.25) is 0 Å². The molecule has 0 bridgehead atoms. The lowest BCUT2D eigenvalue weighted by Gasteiger charge is -2.27. The molecule has 1 aromatic carbocycles. The van der Waals surface area contributed by atoms with E-state index in [2.05, 4.69) is 86.7 Å². The van der Waals surface area contributed by atoms with E-state index in [0.29, 0.717) is 0 Å². The lowest BCUT2D eigenvalue weighted by atomic mass is 10.1. The summed E-state index contributed by atoms with van der Waals surface area (Å²) in [5.74, 6) is 1.92. The second kappa shape index (κ2) is 15.6. The van der Waals surface area contributed by atoms with Crippen molar-refractivity contribution in [1.29, 1.82) is 0 Å². The van der Waals surface area contributed by atoms with Gasteiger partial charge < -0.3 is 19.6 Å². The third kappa shape index (κ3) is 9.50. The van der Waals surface area contributed by atoms with Gasteiger partial charge in [0.05, 0.1) is 25.8 Å². The molecule has 0 spiro atoms. The Morgan fingerprint density at radius 1 is 0.806 bits per heavy atom. The first kappa shape index (κ1) is 28.1. The number of rotatable bonds is 18. The van der Waals surface area contributed by atoms with Crippen LogP contribution in [0.3, 0.4) is 0 Å². The summed E-state index contributed by atoms with van der Waals surface area (Å²) in [6, 6.07) is 9.09. The van der Waals surface area contributed by atoms with E-state index in [4.69, 9.17) is 4.74 Å². The largest absolute Gasteiger partial charge is 0.379 e. The zero-order valence-electron chi connectivity index (χ0n) is 22.6. The Labute approximate surface area is 217 Å². The van der Waals surface area contributed by atoms with Gasteiger partial charge in [-0.1, -0.05) is 38.1 Å². The first-order valence-electron chi connectivity index (χ1n) is 13.4. The molecule has 0 amide bonds. The summed E-state index contributed by atoms with van der Waals surface area (Å²) in [6.07, 6.45) is 9.75. The number of likely N-dealkylation sites (N-methyl/N-ethyl adjacent to an activating group) is 1. The zero-order valence-corrected chi connectivity index (χ0v) is 22.6. The number of nitrogens with one attached hydrogen (secondary N) is 2.